The highest BCUT2D eigenvalue weighted by atomic mass is 16.4. The second-order valence-electron chi connectivity index (χ2n) is 2.94. The van der Waals surface area contributed by atoms with Gasteiger partial charge in [-0.25, -0.2) is 4.79 Å². The zero-order valence-corrected chi connectivity index (χ0v) is 7.53. The first-order valence-corrected chi connectivity index (χ1v) is 4.05. The van der Waals surface area contributed by atoms with E-state index in [1.54, 1.807) is 0 Å². The van der Waals surface area contributed by atoms with Gasteiger partial charge in [-0.3, -0.25) is 0 Å². The fraction of sp³-hybridized carbons (Fsp3) is 0.222. The van der Waals surface area contributed by atoms with Crippen molar-refractivity contribution in [2.24, 2.45) is 0 Å². The summed E-state index contributed by atoms with van der Waals surface area (Å²) in [5, 5.41) is 45.2. The van der Waals surface area contributed by atoms with Crippen LogP contribution < -0.4 is 0 Å². The molecule has 0 bridgehead atoms. The topological polar surface area (TPSA) is 118 Å². The van der Waals surface area contributed by atoms with Gasteiger partial charge in [0.2, 0.25) is 0 Å². The third kappa shape index (κ3) is 2.17. The van der Waals surface area contributed by atoms with Gasteiger partial charge < -0.3 is 25.5 Å². The number of carboxylic acid groups (broad SMARTS) is 1. The molecule has 0 aliphatic rings. The van der Waals surface area contributed by atoms with Crippen LogP contribution in [0.2, 0.25) is 0 Å². The van der Waals surface area contributed by atoms with E-state index in [-0.39, 0.29) is 5.56 Å². The summed E-state index contributed by atoms with van der Waals surface area (Å²) in [6, 6.07) is 3.67. The maximum absolute atomic E-state index is 10.4. The summed E-state index contributed by atoms with van der Waals surface area (Å²) >= 11 is 0. The average Bonchev–Trinajstić information content (AvgIpc) is 2.20. The van der Waals surface area contributed by atoms with Gasteiger partial charge in [0, 0.05) is 5.56 Å². The van der Waals surface area contributed by atoms with Gasteiger partial charge in [-0.1, -0.05) is 12.1 Å². The van der Waals surface area contributed by atoms with Gasteiger partial charge in [0.1, 0.15) is 6.10 Å². The molecule has 0 radical (unpaired) electrons. The zero-order valence-electron chi connectivity index (χ0n) is 7.53. The Kier molecular flexibility index (Phi) is 3.13. The maximum Gasteiger partial charge on any atom is 0.335 e. The number of carboxylic acids is 1. The van der Waals surface area contributed by atoms with Crippen LogP contribution >= 0.6 is 0 Å². The molecule has 0 amide bonds. The summed E-state index contributed by atoms with van der Waals surface area (Å²) in [6.07, 6.45) is -3.85. The predicted molar refractivity (Wildman–Crippen MR) is 48.4 cm³/mol. The van der Waals surface area contributed by atoms with E-state index in [1.807, 2.05) is 0 Å². The van der Waals surface area contributed by atoms with Crippen molar-refractivity contribution in [2.75, 3.05) is 0 Å². The summed E-state index contributed by atoms with van der Waals surface area (Å²) in [5.74, 6) is -2.76. The second kappa shape index (κ2) is 4.16. The number of para-hydroxylation sites is 1. The van der Waals surface area contributed by atoms with Crippen molar-refractivity contribution in [2.45, 2.75) is 12.2 Å². The molecule has 0 aromatic heterocycles. The van der Waals surface area contributed by atoms with Gasteiger partial charge in [-0.2, -0.15) is 0 Å². The highest BCUT2D eigenvalue weighted by Gasteiger charge is 2.27. The van der Waals surface area contributed by atoms with Crippen LogP contribution in [0.15, 0.2) is 18.2 Å². The van der Waals surface area contributed by atoms with Crippen molar-refractivity contribution >= 4 is 5.97 Å². The smallest absolute Gasteiger partial charge is 0.335 e. The summed E-state index contributed by atoms with van der Waals surface area (Å²) in [5.41, 5.74) is -0.245. The first-order valence-electron chi connectivity index (χ1n) is 4.05. The number of carbonyl (C=O) groups is 1. The number of aromatic hydroxyl groups is 2. The van der Waals surface area contributed by atoms with Crippen molar-refractivity contribution in [3.63, 3.8) is 0 Å². The van der Waals surface area contributed by atoms with Crippen molar-refractivity contribution in [1.82, 2.24) is 0 Å². The molecule has 0 saturated heterocycles. The molecule has 15 heavy (non-hydrogen) atoms. The van der Waals surface area contributed by atoms with Crippen molar-refractivity contribution in [3.8, 4) is 11.5 Å². The van der Waals surface area contributed by atoms with Gasteiger partial charge >= 0.3 is 5.97 Å². The van der Waals surface area contributed by atoms with Gasteiger partial charge in [-0.15, -0.1) is 0 Å². The maximum atomic E-state index is 10.4. The van der Waals surface area contributed by atoms with E-state index in [0.29, 0.717) is 0 Å². The first-order chi connectivity index (χ1) is 6.95. The molecule has 1 rings (SSSR count). The second-order valence-corrected chi connectivity index (χ2v) is 2.94. The molecule has 0 spiro atoms. The molecule has 0 saturated carbocycles. The van der Waals surface area contributed by atoms with E-state index in [1.165, 1.54) is 18.2 Å². The molecule has 82 valence electrons. The lowest BCUT2D eigenvalue weighted by atomic mass is 10.0. The Labute approximate surface area is 84.7 Å². The van der Waals surface area contributed by atoms with Gasteiger partial charge in [-0.05, 0) is 6.07 Å². The Morgan fingerprint density at radius 1 is 1.20 bits per heavy atom. The van der Waals surface area contributed by atoms with Crippen LogP contribution in [0.4, 0.5) is 0 Å². The third-order valence-corrected chi connectivity index (χ3v) is 1.92. The number of phenols is 2. The Balaban J connectivity index is 3.06. The van der Waals surface area contributed by atoms with Crippen molar-refractivity contribution in [1.29, 1.82) is 0 Å². The summed E-state index contributed by atoms with van der Waals surface area (Å²) in [7, 11) is 0. The van der Waals surface area contributed by atoms with Gasteiger partial charge in [0.05, 0.1) is 0 Å². The number of aliphatic hydroxyl groups is 2. The zero-order chi connectivity index (χ0) is 11.6. The number of hydrogen-bond donors (Lipinski definition) is 5. The van der Waals surface area contributed by atoms with E-state index in [0.717, 1.165) is 0 Å². The standard InChI is InChI=1S/C9H10O6/c10-5-3-1-2-4(6(5)11)7(12)8(13)9(14)15/h1-3,7-8,10-13H,(H,14,15). The highest BCUT2D eigenvalue weighted by Crippen LogP contribution is 2.33. The van der Waals surface area contributed by atoms with Crippen LogP contribution in [0.1, 0.15) is 11.7 Å². The van der Waals surface area contributed by atoms with Crippen LogP contribution in [0, 0.1) is 0 Å². The molecule has 2 unspecified atom stereocenters. The van der Waals surface area contributed by atoms with Crippen LogP contribution in [0.3, 0.4) is 0 Å². The van der Waals surface area contributed by atoms with Crippen LogP contribution in [0.5, 0.6) is 11.5 Å². The number of aliphatic hydroxyl groups excluding tert-OH is 2. The lowest BCUT2D eigenvalue weighted by molar-refractivity contribution is -0.153. The fourth-order valence-corrected chi connectivity index (χ4v) is 1.09. The molecular formula is C9H10O6. The molecule has 0 fully saturated rings. The summed E-state index contributed by atoms with van der Waals surface area (Å²) in [6.45, 7) is 0. The lowest BCUT2D eigenvalue weighted by Crippen LogP contribution is -2.27. The molecule has 1 aromatic carbocycles. The number of hydrogen-bond acceptors (Lipinski definition) is 5. The summed E-state index contributed by atoms with van der Waals surface area (Å²) < 4.78 is 0. The molecule has 6 heteroatoms. The van der Waals surface area contributed by atoms with Crippen LogP contribution in [-0.4, -0.2) is 37.6 Å². The highest BCUT2D eigenvalue weighted by molar-refractivity contribution is 5.73. The van der Waals surface area contributed by atoms with Gasteiger partial charge in [0.25, 0.3) is 0 Å². The quantitative estimate of drug-likeness (QED) is 0.436. The number of phenolic OH excluding ortho intramolecular Hbond substituents is 2. The monoisotopic (exact) mass is 214 g/mol. The SMILES string of the molecule is O=C(O)C(O)C(O)c1cccc(O)c1O. The molecule has 0 aliphatic carbocycles. The molecular weight excluding hydrogens is 204 g/mol. The molecule has 6 nitrogen and oxygen atoms in total. The largest absolute Gasteiger partial charge is 0.504 e. The van der Waals surface area contributed by atoms with Crippen LogP contribution in [0.25, 0.3) is 0 Å². The Morgan fingerprint density at radius 2 is 1.80 bits per heavy atom. The number of benzene rings is 1. The van der Waals surface area contributed by atoms with Crippen molar-refractivity contribution in [3.05, 3.63) is 23.8 Å². The lowest BCUT2D eigenvalue weighted by Gasteiger charge is -2.15. The first kappa shape index (κ1) is 11.3. The molecule has 0 aliphatic heterocycles. The van der Waals surface area contributed by atoms with E-state index < -0.39 is 29.7 Å². The molecule has 1 aromatic rings. The fourth-order valence-electron chi connectivity index (χ4n) is 1.09. The average molecular weight is 214 g/mol. The number of aliphatic carboxylic acids is 1. The van der Waals surface area contributed by atoms with Crippen molar-refractivity contribution < 1.29 is 30.3 Å². The summed E-state index contributed by atoms with van der Waals surface area (Å²) in [4.78, 5) is 10.4. The number of rotatable bonds is 3. The minimum Gasteiger partial charge on any atom is -0.504 e. The van der Waals surface area contributed by atoms with E-state index >= 15 is 0 Å². The minimum atomic E-state index is -2.06. The van der Waals surface area contributed by atoms with E-state index in [4.69, 9.17) is 15.3 Å². The molecule has 5 N–H and O–H groups in total. The predicted octanol–water partition coefficient (Wildman–Crippen LogP) is -0.423. The van der Waals surface area contributed by atoms with E-state index in [2.05, 4.69) is 0 Å². The van der Waals surface area contributed by atoms with Crippen LogP contribution in [-0.2, 0) is 4.79 Å². The normalized spacial score (nSPS) is 14.5. The van der Waals surface area contributed by atoms with Gasteiger partial charge in [0.15, 0.2) is 17.6 Å². The minimum absolute atomic E-state index is 0.245. The molecule has 0 heterocycles. The third-order valence-electron chi connectivity index (χ3n) is 1.92. The Bertz CT molecular complexity index is 375. The Hall–Kier alpha value is -1.79. The van der Waals surface area contributed by atoms with E-state index in [9.17, 15) is 15.0 Å². The molecule has 2 atom stereocenters. The Morgan fingerprint density at radius 3 is 2.33 bits per heavy atom.